The van der Waals surface area contributed by atoms with Crippen molar-refractivity contribution in [3.63, 3.8) is 0 Å². The second kappa shape index (κ2) is 4.97. The highest BCUT2D eigenvalue weighted by molar-refractivity contribution is 5.24. The third kappa shape index (κ3) is 2.62. The third-order valence-electron chi connectivity index (χ3n) is 1.10. The van der Waals surface area contributed by atoms with E-state index in [-0.39, 0.29) is 6.61 Å². The Morgan fingerprint density at radius 1 is 1.50 bits per heavy atom. The monoisotopic (exact) mass is 140 g/mol. The van der Waals surface area contributed by atoms with Crippen LogP contribution in [0.4, 0.5) is 0 Å². The lowest BCUT2D eigenvalue weighted by molar-refractivity contribution is 0.125. The highest BCUT2D eigenvalue weighted by Gasteiger charge is 2.03. The second-order valence-corrected chi connectivity index (χ2v) is 1.80. The molecule has 0 aromatic heterocycles. The summed E-state index contributed by atoms with van der Waals surface area (Å²) in [5.74, 6) is 0. The Kier molecular flexibility index (Phi) is 4.54. The van der Waals surface area contributed by atoms with Crippen molar-refractivity contribution in [3.05, 3.63) is 37.0 Å². The minimum absolute atomic E-state index is 0.286. The number of aliphatic hydroxyl groups excluding tert-OH is 2. The van der Waals surface area contributed by atoms with Crippen LogP contribution in [0.2, 0.25) is 0 Å². The molecule has 1 unspecified atom stereocenters. The molecule has 0 bridgehead atoms. The van der Waals surface area contributed by atoms with Gasteiger partial charge < -0.3 is 10.2 Å². The van der Waals surface area contributed by atoms with Gasteiger partial charge in [0.15, 0.2) is 0 Å². The maximum absolute atomic E-state index is 9.01. The first-order chi connectivity index (χ1) is 4.76. The molecule has 0 aliphatic carbocycles. The second-order valence-electron chi connectivity index (χ2n) is 1.80. The van der Waals surface area contributed by atoms with Crippen molar-refractivity contribution in [1.29, 1.82) is 0 Å². The summed E-state index contributed by atoms with van der Waals surface area (Å²) in [6.07, 6.45) is 3.79. The van der Waals surface area contributed by atoms with E-state index in [4.69, 9.17) is 10.2 Å². The first kappa shape index (κ1) is 9.14. The number of aliphatic hydroxyl groups is 2. The van der Waals surface area contributed by atoms with E-state index in [0.717, 1.165) is 0 Å². The Balaban J connectivity index is 4.18. The van der Waals surface area contributed by atoms with Crippen LogP contribution >= 0.6 is 0 Å². The van der Waals surface area contributed by atoms with Gasteiger partial charge in [0.1, 0.15) is 6.10 Å². The standard InChI is InChI=1S/C8H12O2/c1-3-5-7(4-2)8(10)6-9/h3-5,8-10H,1-2,6H2/b7-5+. The van der Waals surface area contributed by atoms with Crippen LogP contribution in [0, 0.1) is 0 Å². The zero-order valence-corrected chi connectivity index (χ0v) is 5.83. The molecule has 0 saturated heterocycles. The van der Waals surface area contributed by atoms with E-state index in [9.17, 15) is 0 Å². The Morgan fingerprint density at radius 3 is 2.40 bits per heavy atom. The molecule has 2 nitrogen and oxygen atoms in total. The molecule has 0 fully saturated rings. The van der Waals surface area contributed by atoms with E-state index in [0.29, 0.717) is 5.57 Å². The van der Waals surface area contributed by atoms with Gasteiger partial charge in [0.25, 0.3) is 0 Å². The van der Waals surface area contributed by atoms with E-state index < -0.39 is 6.10 Å². The van der Waals surface area contributed by atoms with Gasteiger partial charge in [-0.1, -0.05) is 31.4 Å². The maximum Gasteiger partial charge on any atom is 0.102 e. The molecular formula is C8H12O2. The molecule has 56 valence electrons. The van der Waals surface area contributed by atoms with Crippen LogP contribution in [-0.2, 0) is 0 Å². The fourth-order valence-electron chi connectivity index (χ4n) is 0.557. The smallest absolute Gasteiger partial charge is 0.102 e. The summed E-state index contributed by atoms with van der Waals surface area (Å²) in [6.45, 7) is 6.62. The van der Waals surface area contributed by atoms with Crippen molar-refractivity contribution in [2.24, 2.45) is 0 Å². The summed E-state index contributed by atoms with van der Waals surface area (Å²) < 4.78 is 0. The summed E-state index contributed by atoms with van der Waals surface area (Å²) in [7, 11) is 0. The van der Waals surface area contributed by atoms with Crippen LogP contribution in [0.1, 0.15) is 0 Å². The Labute approximate surface area is 60.8 Å². The minimum atomic E-state index is -0.838. The highest BCUT2D eigenvalue weighted by Crippen LogP contribution is 2.02. The number of allylic oxidation sites excluding steroid dienone is 2. The zero-order valence-electron chi connectivity index (χ0n) is 5.83. The van der Waals surface area contributed by atoms with E-state index in [1.807, 2.05) is 0 Å². The zero-order chi connectivity index (χ0) is 7.98. The molecule has 2 heteroatoms. The summed E-state index contributed by atoms with van der Waals surface area (Å²) in [6, 6.07) is 0. The molecule has 0 amide bonds. The lowest BCUT2D eigenvalue weighted by Crippen LogP contribution is -2.13. The first-order valence-electron chi connectivity index (χ1n) is 3.00. The van der Waals surface area contributed by atoms with Gasteiger partial charge in [-0.15, -0.1) is 0 Å². The largest absolute Gasteiger partial charge is 0.393 e. The normalized spacial score (nSPS) is 14.4. The molecule has 0 heterocycles. The molecule has 10 heavy (non-hydrogen) atoms. The van der Waals surface area contributed by atoms with Gasteiger partial charge in [-0.05, 0) is 5.57 Å². The predicted octanol–water partition coefficient (Wildman–Crippen LogP) is 0.638. The average molecular weight is 140 g/mol. The fourth-order valence-corrected chi connectivity index (χ4v) is 0.557. The topological polar surface area (TPSA) is 40.5 Å². The van der Waals surface area contributed by atoms with Gasteiger partial charge in [0.05, 0.1) is 6.61 Å². The summed E-state index contributed by atoms with van der Waals surface area (Å²) in [5, 5.41) is 17.5. The summed E-state index contributed by atoms with van der Waals surface area (Å²) in [4.78, 5) is 0. The Bertz CT molecular complexity index is 147. The lowest BCUT2D eigenvalue weighted by Gasteiger charge is -2.05. The highest BCUT2D eigenvalue weighted by atomic mass is 16.3. The molecule has 0 aliphatic rings. The Hall–Kier alpha value is -0.860. The molecule has 0 radical (unpaired) electrons. The minimum Gasteiger partial charge on any atom is -0.393 e. The molecule has 0 spiro atoms. The molecule has 0 aromatic carbocycles. The Morgan fingerprint density at radius 2 is 2.10 bits per heavy atom. The average Bonchev–Trinajstić information content (AvgIpc) is 1.99. The van der Waals surface area contributed by atoms with Gasteiger partial charge in [-0.25, -0.2) is 0 Å². The van der Waals surface area contributed by atoms with Gasteiger partial charge >= 0.3 is 0 Å². The van der Waals surface area contributed by atoms with Crippen molar-refractivity contribution in [1.82, 2.24) is 0 Å². The molecule has 0 saturated carbocycles. The van der Waals surface area contributed by atoms with E-state index in [1.165, 1.54) is 12.2 Å². The van der Waals surface area contributed by atoms with E-state index in [2.05, 4.69) is 13.2 Å². The molecular weight excluding hydrogens is 128 g/mol. The summed E-state index contributed by atoms with van der Waals surface area (Å²) >= 11 is 0. The van der Waals surface area contributed by atoms with Gasteiger partial charge in [-0.3, -0.25) is 0 Å². The van der Waals surface area contributed by atoms with Crippen LogP contribution in [0.3, 0.4) is 0 Å². The van der Waals surface area contributed by atoms with Gasteiger partial charge in [-0.2, -0.15) is 0 Å². The number of hydrogen-bond donors (Lipinski definition) is 2. The lowest BCUT2D eigenvalue weighted by atomic mass is 10.1. The molecule has 0 aromatic rings. The van der Waals surface area contributed by atoms with Crippen molar-refractivity contribution in [3.8, 4) is 0 Å². The van der Waals surface area contributed by atoms with Crippen LogP contribution in [0.15, 0.2) is 37.0 Å². The summed E-state index contributed by atoms with van der Waals surface area (Å²) in [5.41, 5.74) is 0.581. The van der Waals surface area contributed by atoms with Crippen LogP contribution in [0.5, 0.6) is 0 Å². The van der Waals surface area contributed by atoms with Gasteiger partial charge in [0, 0.05) is 0 Å². The quantitative estimate of drug-likeness (QED) is 0.562. The van der Waals surface area contributed by atoms with Crippen molar-refractivity contribution >= 4 is 0 Å². The predicted molar refractivity (Wildman–Crippen MR) is 41.6 cm³/mol. The SMILES string of the molecule is C=C/C=C(\C=C)C(O)CO. The van der Waals surface area contributed by atoms with Crippen LogP contribution in [0.25, 0.3) is 0 Å². The van der Waals surface area contributed by atoms with Crippen molar-refractivity contribution < 1.29 is 10.2 Å². The van der Waals surface area contributed by atoms with E-state index >= 15 is 0 Å². The molecule has 0 aliphatic heterocycles. The van der Waals surface area contributed by atoms with Crippen molar-refractivity contribution in [2.75, 3.05) is 6.61 Å². The first-order valence-corrected chi connectivity index (χ1v) is 3.00. The number of rotatable bonds is 4. The number of hydrogen-bond acceptors (Lipinski definition) is 2. The third-order valence-corrected chi connectivity index (χ3v) is 1.10. The van der Waals surface area contributed by atoms with Crippen LogP contribution in [-0.4, -0.2) is 22.9 Å². The van der Waals surface area contributed by atoms with E-state index in [1.54, 1.807) is 6.08 Å². The van der Waals surface area contributed by atoms with Crippen molar-refractivity contribution in [2.45, 2.75) is 6.10 Å². The molecule has 0 rings (SSSR count). The molecule has 1 atom stereocenters. The fraction of sp³-hybridized carbons (Fsp3) is 0.250. The van der Waals surface area contributed by atoms with Gasteiger partial charge in [0.2, 0.25) is 0 Å². The maximum atomic E-state index is 9.01. The van der Waals surface area contributed by atoms with Crippen LogP contribution < -0.4 is 0 Å². The molecule has 2 N–H and O–H groups in total.